The van der Waals surface area contributed by atoms with Crippen molar-refractivity contribution in [3.63, 3.8) is 0 Å². The highest BCUT2D eigenvalue weighted by Gasteiger charge is 2.13. The van der Waals surface area contributed by atoms with Crippen LogP contribution in [0.3, 0.4) is 0 Å². The predicted octanol–water partition coefficient (Wildman–Crippen LogP) is 1.64. The fourth-order valence-electron chi connectivity index (χ4n) is 0.930. The Balaban J connectivity index is 3.36. The van der Waals surface area contributed by atoms with Gasteiger partial charge in [0, 0.05) is 5.54 Å². The van der Waals surface area contributed by atoms with E-state index in [1.165, 1.54) is 0 Å². The van der Waals surface area contributed by atoms with E-state index in [0.29, 0.717) is 13.2 Å². The summed E-state index contributed by atoms with van der Waals surface area (Å²) in [5.74, 6) is 0. The van der Waals surface area contributed by atoms with E-state index < -0.39 is 0 Å². The first-order chi connectivity index (χ1) is 6.45. The maximum absolute atomic E-state index is 11.1. The molecule has 0 heterocycles. The van der Waals surface area contributed by atoms with E-state index in [2.05, 4.69) is 5.32 Å². The molecule has 0 saturated carbocycles. The van der Waals surface area contributed by atoms with Crippen LogP contribution in [0.2, 0.25) is 0 Å². The lowest BCUT2D eigenvalue weighted by Crippen LogP contribution is -2.41. The number of amides is 1. The monoisotopic (exact) mass is 202 g/mol. The highest BCUT2D eigenvalue weighted by Crippen LogP contribution is 2.00. The van der Waals surface area contributed by atoms with Gasteiger partial charge >= 0.3 is 6.09 Å². The topological polar surface area (TPSA) is 64.3 Å². The van der Waals surface area contributed by atoms with Gasteiger partial charge in [-0.05, 0) is 46.6 Å². The Bertz CT molecular complexity index is 164. The third-order valence-corrected chi connectivity index (χ3v) is 1.56. The molecule has 0 aliphatic heterocycles. The highest BCUT2D eigenvalue weighted by molar-refractivity contribution is 5.67. The molecule has 84 valence electrons. The van der Waals surface area contributed by atoms with Crippen LogP contribution in [0.4, 0.5) is 4.79 Å². The number of alkyl carbamates (subject to hydrolysis) is 1. The minimum Gasteiger partial charge on any atom is -0.450 e. The van der Waals surface area contributed by atoms with Gasteiger partial charge in [0.25, 0.3) is 0 Å². The van der Waals surface area contributed by atoms with Crippen molar-refractivity contribution in [2.75, 3.05) is 13.2 Å². The van der Waals surface area contributed by atoms with Crippen molar-refractivity contribution in [3.05, 3.63) is 0 Å². The van der Waals surface area contributed by atoms with E-state index in [9.17, 15) is 4.79 Å². The third-order valence-electron chi connectivity index (χ3n) is 1.56. The molecule has 0 bridgehead atoms. The molecule has 0 aromatic carbocycles. The summed E-state index contributed by atoms with van der Waals surface area (Å²) in [5.41, 5.74) is 5.11. The van der Waals surface area contributed by atoms with E-state index >= 15 is 0 Å². The molecule has 4 nitrogen and oxygen atoms in total. The van der Waals surface area contributed by atoms with Crippen LogP contribution >= 0.6 is 0 Å². The zero-order valence-corrected chi connectivity index (χ0v) is 9.43. The van der Waals surface area contributed by atoms with Crippen LogP contribution in [-0.4, -0.2) is 24.8 Å². The number of hydrogen-bond acceptors (Lipinski definition) is 3. The van der Waals surface area contributed by atoms with Crippen molar-refractivity contribution in [1.82, 2.24) is 5.32 Å². The molecule has 0 radical (unpaired) electrons. The van der Waals surface area contributed by atoms with Gasteiger partial charge in [0.2, 0.25) is 0 Å². The quantitative estimate of drug-likeness (QED) is 0.666. The van der Waals surface area contributed by atoms with E-state index in [1.54, 1.807) is 0 Å². The van der Waals surface area contributed by atoms with Gasteiger partial charge in [-0.15, -0.1) is 0 Å². The number of carbonyl (C=O) groups is 1. The maximum Gasteiger partial charge on any atom is 0.407 e. The average molecular weight is 202 g/mol. The highest BCUT2D eigenvalue weighted by atomic mass is 16.5. The molecule has 0 aromatic rings. The lowest BCUT2D eigenvalue weighted by molar-refractivity contribution is 0.135. The number of hydrogen-bond donors (Lipinski definition) is 2. The summed E-state index contributed by atoms with van der Waals surface area (Å²) in [4.78, 5) is 11.1. The molecule has 0 saturated heterocycles. The molecule has 0 fully saturated rings. The average Bonchev–Trinajstić information content (AvgIpc) is 2.00. The number of carbonyl (C=O) groups excluding carboxylic acids is 1. The second-order valence-corrected chi connectivity index (χ2v) is 4.36. The summed E-state index contributed by atoms with van der Waals surface area (Å²) in [6.45, 7) is 6.93. The zero-order valence-electron chi connectivity index (χ0n) is 9.43. The Morgan fingerprint density at radius 2 is 1.93 bits per heavy atom. The molecular weight excluding hydrogens is 180 g/mol. The van der Waals surface area contributed by atoms with Gasteiger partial charge in [-0.1, -0.05) is 0 Å². The number of ether oxygens (including phenoxy) is 1. The number of nitrogens with two attached hydrogens (primary N) is 1. The normalized spacial score (nSPS) is 11.1. The summed E-state index contributed by atoms with van der Waals surface area (Å²) >= 11 is 0. The van der Waals surface area contributed by atoms with Crippen LogP contribution in [0.1, 0.15) is 40.0 Å². The van der Waals surface area contributed by atoms with Crippen LogP contribution in [0.15, 0.2) is 0 Å². The van der Waals surface area contributed by atoms with Crippen molar-refractivity contribution in [1.29, 1.82) is 0 Å². The minimum absolute atomic E-state index is 0.228. The van der Waals surface area contributed by atoms with E-state index in [4.69, 9.17) is 10.5 Å². The predicted molar refractivity (Wildman–Crippen MR) is 57.1 cm³/mol. The molecule has 4 heteroatoms. The Labute approximate surface area is 86.2 Å². The molecule has 0 spiro atoms. The first-order valence-electron chi connectivity index (χ1n) is 5.11. The van der Waals surface area contributed by atoms with Crippen LogP contribution in [0, 0.1) is 0 Å². The molecule has 0 aromatic heterocycles. The van der Waals surface area contributed by atoms with Crippen molar-refractivity contribution < 1.29 is 9.53 Å². The Morgan fingerprint density at radius 3 is 2.43 bits per heavy atom. The Hall–Kier alpha value is -0.770. The first kappa shape index (κ1) is 13.2. The smallest absolute Gasteiger partial charge is 0.407 e. The van der Waals surface area contributed by atoms with Gasteiger partial charge in [-0.3, -0.25) is 0 Å². The van der Waals surface area contributed by atoms with Crippen molar-refractivity contribution in [3.8, 4) is 0 Å². The number of rotatable bonds is 5. The minimum atomic E-state index is -0.342. The van der Waals surface area contributed by atoms with E-state index in [-0.39, 0.29) is 11.6 Å². The van der Waals surface area contributed by atoms with Gasteiger partial charge < -0.3 is 15.8 Å². The summed E-state index contributed by atoms with van der Waals surface area (Å²) in [5, 5.41) is 2.72. The van der Waals surface area contributed by atoms with Gasteiger partial charge in [0.05, 0.1) is 6.61 Å². The fourth-order valence-corrected chi connectivity index (χ4v) is 0.930. The number of unbranched alkanes of at least 4 members (excludes halogenated alkanes) is 2. The van der Waals surface area contributed by atoms with Gasteiger partial charge in [0.15, 0.2) is 0 Å². The Kier molecular flexibility index (Phi) is 6.28. The fraction of sp³-hybridized carbons (Fsp3) is 0.900. The molecule has 14 heavy (non-hydrogen) atoms. The van der Waals surface area contributed by atoms with E-state index in [1.807, 2.05) is 20.8 Å². The zero-order chi connectivity index (χ0) is 11.0. The second-order valence-electron chi connectivity index (χ2n) is 4.36. The van der Waals surface area contributed by atoms with Crippen LogP contribution in [-0.2, 0) is 4.74 Å². The summed E-state index contributed by atoms with van der Waals surface area (Å²) in [6.07, 6.45) is 2.54. The van der Waals surface area contributed by atoms with Crippen LogP contribution < -0.4 is 11.1 Å². The van der Waals surface area contributed by atoms with Gasteiger partial charge in [-0.2, -0.15) is 0 Å². The van der Waals surface area contributed by atoms with Crippen molar-refractivity contribution in [2.24, 2.45) is 5.73 Å². The molecular formula is C10H22N2O2. The molecule has 0 aliphatic carbocycles. The van der Waals surface area contributed by atoms with E-state index in [0.717, 1.165) is 19.3 Å². The summed E-state index contributed by atoms with van der Waals surface area (Å²) in [7, 11) is 0. The van der Waals surface area contributed by atoms with Crippen LogP contribution in [0.5, 0.6) is 0 Å². The Morgan fingerprint density at radius 1 is 1.29 bits per heavy atom. The van der Waals surface area contributed by atoms with Crippen LogP contribution in [0.25, 0.3) is 0 Å². The standard InChI is InChI=1S/C10H22N2O2/c1-10(2,3)12-9(13)14-8-6-4-5-7-11/h4-8,11H2,1-3H3,(H,12,13). The molecule has 0 aliphatic rings. The maximum atomic E-state index is 11.1. The van der Waals surface area contributed by atoms with Gasteiger partial charge in [0.1, 0.15) is 0 Å². The largest absolute Gasteiger partial charge is 0.450 e. The molecule has 3 N–H and O–H groups in total. The molecule has 0 rings (SSSR count). The lowest BCUT2D eigenvalue weighted by atomic mass is 10.1. The summed E-state index contributed by atoms with van der Waals surface area (Å²) < 4.78 is 4.97. The summed E-state index contributed by atoms with van der Waals surface area (Å²) in [6, 6.07) is 0. The molecule has 0 atom stereocenters. The van der Waals surface area contributed by atoms with Crippen molar-refractivity contribution in [2.45, 2.75) is 45.6 Å². The lowest BCUT2D eigenvalue weighted by Gasteiger charge is -2.19. The molecule has 1 amide bonds. The van der Waals surface area contributed by atoms with Crippen molar-refractivity contribution >= 4 is 6.09 Å². The molecule has 0 unspecified atom stereocenters. The SMILES string of the molecule is CC(C)(C)NC(=O)OCCCCCN. The second kappa shape index (κ2) is 6.65. The third kappa shape index (κ3) is 9.32. The van der Waals surface area contributed by atoms with Gasteiger partial charge in [-0.25, -0.2) is 4.79 Å². The number of nitrogens with one attached hydrogen (secondary N) is 1. The first-order valence-corrected chi connectivity index (χ1v) is 5.11.